The molecule has 1 aromatic rings. The number of amides is 1. The maximum Gasteiger partial charge on any atom is 0.257 e. The van der Waals surface area contributed by atoms with Gasteiger partial charge < -0.3 is 15.4 Å². The summed E-state index contributed by atoms with van der Waals surface area (Å²) < 4.78 is 5.38. The second-order valence-corrected chi connectivity index (χ2v) is 5.72. The summed E-state index contributed by atoms with van der Waals surface area (Å²) in [6.07, 6.45) is 2.31. The van der Waals surface area contributed by atoms with Crippen molar-refractivity contribution in [3.8, 4) is 5.75 Å². The van der Waals surface area contributed by atoms with E-state index in [4.69, 9.17) is 27.9 Å². The molecule has 1 aliphatic heterocycles. The van der Waals surface area contributed by atoms with Crippen LogP contribution in [0.3, 0.4) is 0 Å². The van der Waals surface area contributed by atoms with Gasteiger partial charge in [0, 0.05) is 11.6 Å². The number of halogens is 2. The SMILES string of the molecule is O=C(COc1ccc(Cl)cc1Cl)NCC1CCCNC1. The minimum atomic E-state index is -0.137. The predicted octanol–water partition coefficient (Wildman–Crippen LogP) is 2.49. The van der Waals surface area contributed by atoms with E-state index in [1.807, 2.05) is 0 Å². The Morgan fingerprint density at radius 3 is 3.00 bits per heavy atom. The highest BCUT2D eigenvalue weighted by atomic mass is 35.5. The average molecular weight is 317 g/mol. The monoisotopic (exact) mass is 316 g/mol. The third kappa shape index (κ3) is 4.85. The number of nitrogens with one attached hydrogen (secondary N) is 2. The summed E-state index contributed by atoms with van der Waals surface area (Å²) in [4.78, 5) is 11.7. The van der Waals surface area contributed by atoms with Crippen LogP contribution in [-0.2, 0) is 4.79 Å². The molecular weight excluding hydrogens is 299 g/mol. The topological polar surface area (TPSA) is 50.4 Å². The van der Waals surface area contributed by atoms with Gasteiger partial charge in [-0.3, -0.25) is 4.79 Å². The van der Waals surface area contributed by atoms with Crippen LogP contribution < -0.4 is 15.4 Å². The lowest BCUT2D eigenvalue weighted by molar-refractivity contribution is -0.123. The molecule has 1 aromatic carbocycles. The van der Waals surface area contributed by atoms with Gasteiger partial charge in [0.05, 0.1) is 5.02 Å². The Balaban J connectivity index is 1.71. The molecule has 0 saturated carbocycles. The lowest BCUT2D eigenvalue weighted by atomic mass is 10.00. The highest BCUT2D eigenvalue weighted by Crippen LogP contribution is 2.27. The van der Waals surface area contributed by atoms with E-state index in [2.05, 4.69) is 10.6 Å². The smallest absolute Gasteiger partial charge is 0.257 e. The van der Waals surface area contributed by atoms with Crippen LogP contribution in [-0.4, -0.2) is 32.1 Å². The molecular formula is C14H18Cl2N2O2. The van der Waals surface area contributed by atoms with Crippen LogP contribution in [0.4, 0.5) is 0 Å². The molecule has 1 aliphatic rings. The number of piperidine rings is 1. The highest BCUT2D eigenvalue weighted by molar-refractivity contribution is 6.35. The van der Waals surface area contributed by atoms with Crippen LogP contribution in [0.25, 0.3) is 0 Å². The lowest BCUT2D eigenvalue weighted by Crippen LogP contribution is -2.39. The van der Waals surface area contributed by atoms with E-state index in [-0.39, 0.29) is 12.5 Å². The van der Waals surface area contributed by atoms with Gasteiger partial charge in [-0.1, -0.05) is 23.2 Å². The van der Waals surface area contributed by atoms with Gasteiger partial charge in [-0.05, 0) is 50.0 Å². The van der Waals surface area contributed by atoms with Crippen LogP contribution in [0, 0.1) is 5.92 Å². The van der Waals surface area contributed by atoms with E-state index in [0.29, 0.717) is 28.3 Å². The van der Waals surface area contributed by atoms with Crippen molar-refractivity contribution >= 4 is 29.1 Å². The molecule has 1 unspecified atom stereocenters. The Morgan fingerprint density at radius 2 is 2.30 bits per heavy atom. The largest absolute Gasteiger partial charge is 0.482 e. The Hall–Kier alpha value is -0.970. The molecule has 1 saturated heterocycles. The number of carbonyl (C=O) groups excluding carboxylic acids is 1. The first-order chi connectivity index (χ1) is 9.65. The van der Waals surface area contributed by atoms with E-state index >= 15 is 0 Å². The zero-order valence-electron chi connectivity index (χ0n) is 11.1. The summed E-state index contributed by atoms with van der Waals surface area (Å²) in [6, 6.07) is 4.92. The summed E-state index contributed by atoms with van der Waals surface area (Å²) in [5, 5.41) is 7.14. The van der Waals surface area contributed by atoms with E-state index in [0.717, 1.165) is 25.9 Å². The second kappa shape index (κ2) is 7.72. The zero-order valence-corrected chi connectivity index (χ0v) is 12.6. The second-order valence-electron chi connectivity index (χ2n) is 4.88. The quantitative estimate of drug-likeness (QED) is 0.877. The fourth-order valence-corrected chi connectivity index (χ4v) is 2.61. The van der Waals surface area contributed by atoms with Gasteiger partial charge in [0.1, 0.15) is 5.75 Å². The van der Waals surface area contributed by atoms with Crippen LogP contribution in [0.5, 0.6) is 5.75 Å². The van der Waals surface area contributed by atoms with Gasteiger partial charge in [-0.15, -0.1) is 0 Å². The molecule has 1 atom stereocenters. The average Bonchev–Trinajstić information content (AvgIpc) is 2.45. The fraction of sp³-hybridized carbons (Fsp3) is 0.500. The van der Waals surface area contributed by atoms with Crippen molar-refractivity contribution in [3.63, 3.8) is 0 Å². The number of benzene rings is 1. The maximum absolute atomic E-state index is 11.7. The summed E-state index contributed by atoms with van der Waals surface area (Å²) >= 11 is 11.8. The van der Waals surface area contributed by atoms with Crippen molar-refractivity contribution in [2.75, 3.05) is 26.2 Å². The third-order valence-corrected chi connectivity index (χ3v) is 3.77. The standard InChI is InChI=1S/C14H18Cl2N2O2/c15-11-3-4-13(12(16)6-11)20-9-14(19)18-8-10-2-1-5-17-7-10/h3-4,6,10,17H,1-2,5,7-9H2,(H,18,19). The van der Waals surface area contributed by atoms with Crippen molar-refractivity contribution in [3.05, 3.63) is 28.2 Å². The molecule has 1 heterocycles. The molecule has 0 bridgehead atoms. The molecule has 1 amide bonds. The summed E-state index contributed by atoms with van der Waals surface area (Å²) in [6.45, 7) is 2.68. The van der Waals surface area contributed by atoms with Crippen LogP contribution in [0.1, 0.15) is 12.8 Å². The van der Waals surface area contributed by atoms with Crippen molar-refractivity contribution < 1.29 is 9.53 Å². The van der Waals surface area contributed by atoms with E-state index in [1.54, 1.807) is 18.2 Å². The Morgan fingerprint density at radius 1 is 1.45 bits per heavy atom. The molecule has 0 spiro atoms. The molecule has 0 aliphatic carbocycles. The van der Waals surface area contributed by atoms with Crippen molar-refractivity contribution in [2.45, 2.75) is 12.8 Å². The summed E-state index contributed by atoms with van der Waals surface area (Å²) in [5.41, 5.74) is 0. The lowest BCUT2D eigenvalue weighted by Gasteiger charge is -2.22. The zero-order chi connectivity index (χ0) is 14.4. The van der Waals surface area contributed by atoms with Crippen LogP contribution in [0.15, 0.2) is 18.2 Å². The number of hydrogen-bond acceptors (Lipinski definition) is 3. The Bertz CT molecular complexity index is 462. The molecule has 1 fully saturated rings. The number of hydrogen-bond donors (Lipinski definition) is 2. The molecule has 2 rings (SSSR count). The van der Waals surface area contributed by atoms with Gasteiger partial charge in [0.15, 0.2) is 6.61 Å². The van der Waals surface area contributed by atoms with Gasteiger partial charge in [0.2, 0.25) is 0 Å². The normalized spacial score (nSPS) is 18.6. The molecule has 2 N–H and O–H groups in total. The minimum Gasteiger partial charge on any atom is -0.482 e. The van der Waals surface area contributed by atoms with Crippen molar-refractivity contribution in [1.29, 1.82) is 0 Å². The summed E-state index contributed by atoms with van der Waals surface area (Å²) in [7, 11) is 0. The summed E-state index contributed by atoms with van der Waals surface area (Å²) in [5.74, 6) is 0.832. The first kappa shape index (κ1) is 15.4. The van der Waals surface area contributed by atoms with Gasteiger partial charge in [0.25, 0.3) is 5.91 Å². The Kier molecular flexibility index (Phi) is 5.95. The predicted molar refractivity (Wildman–Crippen MR) is 80.6 cm³/mol. The molecule has 0 aromatic heterocycles. The van der Waals surface area contributed by atoms with Crippen molar-refractivity contribution in [1.82, 2.24) is 10.6 Å². The number of carbonyl (C=O) groups is 1. The van der Waals surface area contributed by atoms with Gasteiger partial charge in [-0.25, -0.2) is 0 Å². The highest BCUT2D eigenvalue weighted by Gasteiger charge is 2.14. The molecule has 4 nitrogen and oxygen atoms in total. The number of ether oxygens (including phenoxy) is 1. The molecule has 0 radical (unpaired) electrons. The van der Waals surface area contributed by atoms with Gasteiger partial charge in [-0.2, -0.15) is 0 Å². The Labute approximate surface area is 128 Å². The van der Waals surface area contributed by atoms with E-state index in [1.165, 1.54) is 0 Å². The van der Waals surface area contributed by atoms with Crippen molar-refractivity contribution in [2.24, 2.45) is 5.92 Å². The van der Waals surface area contributed by atoms with Gasteiger partial charge >= 0.3 is 0 Å². The van der Waals surface area contributed by atoms with E-state index < -0.39 is 0 Å². The van der Waals surface area contributed by atoms with Crippen LogP contribution >= 0.6 is 23.2 Å². The third-order valence-electron chi connectivity index (χ3n) is 3.24. The molecule has 6 heteroatoms. The van der Waals surface area contributed by atoms with E-state index in [9.17, 15) is 4.79 Å². The first-order valence-electron chi connectivity index (χ1n) is 6.70. The maximum atomic E-state index is 11.7. The van der Waals surface area contributed by atoms with Crippen LogP contribution in [0.2, 0.25) is 10.0 Å². The minimum absolute atomic E-state index is 0.0402. The molecule has 20 heavy (non-hydrogen) atoms. The first-order valence-corrected chi connectivity index (χ1v) is 7.46. The fourth-order valence-electron chi connectivity index (χ4n) is 2.14. The molecule has 110 valence electrons. The number of rotatable bonds is 5.